The summed E-state index contributed by atoms with van der Waals surface area (Å²) in [6.07, 6.45) is 3.09. The first kappa shape index (κ1) is 17.5. The van der Waals surface area contributed by atoms with Crippen molar-refractivity contribution in [2.75, 3.05) is 0 Å². The molecule has 1 saturated carbocycles. The summed E-state index contributed by atoms with van der Waals surface area (Å²) in [5, 5.41) is 11.4. The monoisotopic (exact) mass is 416 g/mol. The summed E-state index contributed by atoms with van der Waals surface area (Å²) >= 11 is 0. The number of pyridine rings is 2. The van der Waals surface area contributed by atoms with Gasteiger partial charge in [-0.25, -0.2) is 22.5 Å². The van der Waals surface area contributed by atoms with Crippen molar-refractivity contribution >= 4 is 11.0 Å². The summed E-state index contributed by atoms with van der Waals surface area (Å²) in [5.41, 5.74) is 0.180. The van der Waals surface area contributed by atoms with Crippen LogP contribution < -0.4 is 0 Å². The minimum Gasteiger partial charge on any atom is -0.360 e. The first-order chi connectivity index (χ1) is 14.4. The molecule has 1 unspecified atom stereocenters. The van der Waals surface area contributed by atoms with Crippen LogP contribution in [0.25, 0.3) is 33.5 Å². The Labute approximate surface area is 165 Å². The smallest absolute Gasteiger partial charge is 0.281 e. The summed E-state index contributed by atoms with van der Waals surface area (Å²) in [4.78, 5) is 8.03. The predicted molar refractivity (Wildman–Crippen MR) is 95.3 cm³/mol. The molecule has 0 bridgehead atoms. The third kappa shape index (κ3) is 2.29. The maximum absolute atomic E-state index is 15.0. The number of H-pyrrole nitrogens is 1. The minimum atomic E-state index is -2.94. The largest absolute Gasteiger partial charge is 0.360 e. The summed E-state index contributed by atoms with van der Waals surface area (Å²) in [6.45, 7) is -0.356. The number of hydrogen-bond donors (Lipinski definition) is 1. The number of alkyl halides is 2. The molecule has 0 aromatic carbocycles. The fourth-order valence-electron chi connectivity index (χ4n) is 4.00. The van der Waals surface area contributed by atoms with Crippen molar-refractivity contribution in [3.8, 4) is 22.5 Å². The molecule has 1 atom stereocenters. The number of nitrogens with one attached hydrogen (secondary N) is 1. The van der Waals surface area contributed by atoms with Gasteiger partial charge in [-0.05, 0) is 12.1 Å². The van der Waals surface area contributed by atoms with Crippen molar-refractivity contribution in [2.45, 2.75) is 31.1 Å². The normalized spacial score (nSPS) is 21.9. The molecule has 7 nitrogen and oxygen atoms in total. The van der Waals surface area contributed by atoms with E-state index in [1.165, 1.54) is 23.0 Å². The van der Waals surface area contributed by atoms with Gasteiger partial charge in [0.25, 0.3) is 5.92 Å². The molecule has 4 aromatic heterocycles. The van der Waals surface area contributed by atoms with E-state index in [9.17, 15) is 17.6 Å². The highest BCUT2D eigenvalue weighted by Gasteiger charge is 2.74. The van der Waals surface area contributed by atoms with Crippen LogP contribution in [0.1, 0.15) is 12.1 Å². The molecule has 0 radical (unpaired) electrons. The van der Waals surface area contributed by atoms with Crippen LogP contribution in [0.4, 0.5) is 17.6 Å². The summed E-state index contributed by atoms with van der Waals surface area (Å²) in [5.74, 6) is -4.12. The lowest BCUT2D eigenvalue weighted by molar-refractivity contribution is -0.0901. The number of fused-ring (bicyclic) bond motifs is 2. The average molecular weight is 416 g/mol. The van der Waals surface area contributed by atoms with Crippen LogP contribution in [0.3, 0.4) is 0 Å². The fourth-order valence-corrected chi connectivity index (χ4v) is 4.00. The molecule has 11 heteroatoms. The van der Waals surface area contributed by atoms with Gasteiger partial charge in [-0.1, -0.05) is 0 Å². The molecule has 5 heterocycles. The van der Waals surface area contributed by atoms with Crippen LogP contribution in [-0.4, -0.2) is 41.5 Å². The Balaban J connectivity index is 1.62. The molecule has 4 aromatic rings. The fraction of sp³-hybridized carbons (Fsp3) is 0.263. The average Bonchev–Trinajstić information content (AvgIpc) is 3.09. The molecule has 0 amide bonds. The van der Waals surface area contributed by atoms with Crippen LogP contribution in [0.2, 0.25) is 0 Å². The molecule has 30 heavy (non-hydrogen) atoms. The molecule has 0 saturated heterocycles. The molecule has 6 rings (SSSR count). The van der Waals surface area contributed by atoms with Gasteiger partial charge in [0, 0.05) is 16.5 Å². The zero-order valence-electron chi connectivity index (χ0n) is 15.2. The van der Waals surface area contributed by atoms with Gasteiger partial charge >= 0.3 is 0 Å². The van der Waals surface area contributed by atoms with Gasteiger partial charge in [0.05, 0.1) is 49.6 Å². The van der Waals surface area contributed by atoms with E-state index in [1.807, 2.05) is 0 Å². The number of ether oxygens (including phenoxy) is 1. The highest BCUT2D eigenvalue weighted by atomic mass is 19.3. The highest BCUT2D eigenvalue weighted by Crippen LogP contribution is 2.58. The van der Waals surface area contributed by atoms with Gasteiger partial charge in [0.2, 0.25) is 0 Å². The molecule has 1 fully saturated rings. The number of aromatic amines is 1. The van der Waals surface area contributed by atoms with Crippen molar-refractivity contribution in [1.82, 2.24) is 29.9 Å². The molecule has 1 aliphatic carbocycles. The Kier molecular flexibility index (Phi) is 3.28. The van der Waals surface area contributed by atoms with E-state index >= 15 is 0 Å². The maximum Gasteiger partial charge on any atom is 0.281 e. The van der Waals surface area contributed by atoms with Gasteiger partial charge in [-0.15, -0.1) is 0 Å². The van der Waals surface area contributed by atoms with E-state index in [0.29, 0.717) is 22.3 Å². The second-order valence-electron chi connectivity index (χ2n) is 7.47. The second kappa shape index (κ2) is 5.63. The standard InChI is InChI=1S/C19H12F4N6O/c20-9-1-2-12(24-3-9)16-15(14-10-4-26-27-17(10)25-5-11(14)21)13-6-30-18(7-19(18,22)23)8-29(13)28-16/h1-5H,6-8H2,(H,25,26,27). The topological polar surface area (TPSA) is 81.5 Å². The van der Waals surface area contributed by atoms with Crippen LogP contribution in [0.5, 0.6) is 0 Å². The van der Waals surface area contributed by atoms with Gasteiger partial charge < -0.3 is 4.74 Å². The summed E-state index contributed by atoms with van der Waals surface area (Å²) < 4.78 is 63.1. The highest BCUT2D eigenvalue weighted by molar-refractivity contribution is 5.97. The van der Waals surface area contributed by atoms with Gasteiger partial charge in [-0.2, -0.15) is 10.2 Å². The number of nitrogens with zero attached hydrogens (tertiary/aromatic N) is 5. The zero-order valence-corrected chi connectivity index (χ0v) is 15.2. The van der Waals surface area contributed by atoms with Crippen LogP contribution in [-0.2, 0) is 17.9 Å². The molecule has 1 spiro atoms. The van der Waals surface area contributed by atoms with Crippen molar-refractivity contribution in [3.05, 3.63) is 48.1 Å². The summed E-state index contributed by atoms with van der Waals surface area (Å²) in [6, 6.07) is 2.61. The van der Waals surface area contributed by atoms with E-state index in [-0.39, 0.29) is 30.1 Å². The quantitative estimate of drug-likeness (QED) is 0.506. The molecule has 2 aliphatic rings. The molecule has 152 valence electrons. The van der Waals surface area contributed by atoms with E-state index in [2.05, 4.69) is 25.3 Å². The Morgan fingerprint density at radius 2 is 1.90 bits per heavy atom. The molecular formula is C19H12F4N6O. The first-order valence-electron chi connectivity index (χ1n) is 9.10. The van der Waals surface area contributed by atoms with Crippen LogP contribution in [0.15, 0.2) is 30.7 Å². The third-order valence-corrected chi connectivity index (χ3v) is 5.65. The van der Waals surface area contributed by atoms with Gasteiger partial charge in [-0.3, -0.25) is 14.8 Å². The maximum atomic E-state index is 15.0. The lowest BCUT2D eigenvalue weighted by Crippen LogP contribution is -2.34. The SMILES string of the molecule is Fc1ccc(-c2nn3c(c2-c2c(F)cnc4[nH]ncc24)COC2(C3)CC2(F)F)nc1. The molecule has 1 aliphatic heterocycles. The first-order valence-corrected chi connectivity index (χ1v) is 9.10. The van der Waals surface area contributed by atoms with Crippen molar-refractivity contribution in [2.24, 2.45) is 0 Å². The lowest BCUT2D eigenvalue weighted by Gasteiger charge is -2.25. The van der Waals surface area contributed by atoms with Crippen molar-refractivity contribution in [3.63, 3.8) is 0 Å². The number of halogens is 4. The Bertz CT molecular complexity index is 1310. The second-order valence-corrected chi connectivity index (χ2v) is 7.47. The third-order valence-electron chi connectivity index (χ3n) is 5.65. The van der Waals surface area contributed by atoms with Crippen molar-refractivity contribution in [1.29, 1.82) is 0 Å². The van der Waals surface area contributed by atoms with E-state index in [1.54, 1.807) is 0 Å². The van der Waals surface area contributed by atoms with Crippen molar-refractivity contribution < 1.29 is 22.3 Å². The number of aromatic nitrogens is 6. The Hall–Kier alpha value is -3.34. The number of rotatable bonds is 2. The van der Waals surface area contributed by atoms with Gasteiger partial charge in [0.15, 0.2) is 11.2 Å². The predicted octanol–water partition coefficient (Wildman–Crippen LogP) is 3.47. The Morgan fingerprint density at radius 1 is 1.07 bits per heavy atom. The van der Waals surface area contributed by atoms with Gasteiger partial charge in [0.1, 0.15) is 17.3 Å². The van der Waals surface area contributed by atoms with Crippen LogP contribution in [0, 0.1) is 11.6 Å². The van der Waals surface area contributed by atoms with Crippen LogP contribution >= 0.6 is 0 Å². The lowest BCUT2D eigenvalue weighted by atomic mass is 9.98. The van der Waals surface area contributed by atoms with E-state index in [0.717, 1.165) is 12.4 Å². The molecular weight excluding hydrogens is 404 g/mol. The van der Waals surface area contributed by atoms with E-state index in [4.69, 9.17) is 4.74 Å². The summed E-state index contributed by atoms with van der Waals surface area (Å²) in [7, 11) is 0. The minimum absolute atomic E-state index is 0.151. The van der Waals surface area contributed by atoms with E-state index < -0.39 is 29.6 Å². The number of hydrogen-bond acceptors (Lipinski definition) is 5. The molecule has 1 N–H and O–H groups in total. The zero-order chi connectivity index (χ0) is 20.7. The Morgan fingerprint density at radius 3 is 2.63 bits per heavy atom.